The second-order valence-corrected chi connectivity index (χ2v) is 15.9. The Bertz CT molecular complexity index is 1280. The van der Waals surface area contributed by atoms with Crippen LogP contribution in [0.3, 0.4) is 0 Å². The monoisotopic (exact) mass is 568 g/mol. The Morgan fingerprint density at radius 3 is 1.70 bits per heavy atom. The SMILES string of the molecule is CC(C)(C)c1ccc([Se]c2cccc3cccc([Se](=O)c4ccc(C(C)(C)C)cc4)c23)cc1. The Balaban J connectivity index is 1.73. The van der Waals surface area contributed by atoms with Crippen LogP contribution in [0.2, 0.25) is 0 Å². The summed E-state index contributed by atoms with van der Waals surface area (Å²) < 4.78 is 18.4. The fourth-order valence-corrected chi connectivity index (χ4v) is 8.93. The van der Waals surface area contributed by atoms with Crippen LogP contribution in [0.15, 0.2) is 84.9 Å². The van der Waals surface area contributed by atoms with Gasteiger partial charge in [-0.05, 0) is 0 Å². The molecule has 4 aromatic rings. The molecular formula is C30H32OSe2. The van der Waals surface area contributed by atoms with Gasteiger partial charge < -0.3 is 0 Å². The molecule has 0 spiro atoms. The summed E-state index contributed by atoms with van der Waals surface area (Å²) in [6.45, 7) is 13.4. The second-order valence-electron chi connectivity index (χ2n) is 10.5. The van der Waals surface area contributed by atoms with E-state index in [1.54, 1.807) is 0 Å². The zero-order valence-electron chi connectivity index (χ0n) is 20.3. The van der Waals surface area contributed by atoms with Crippen LogP contribution in [0.25, 0.3) is 10.8 Å². The number of benzene rings is 4. The molecular weight excluding hydrogens is 534 g/mol. The van der Waals surface area contributed by atoms with Crippen LogP contribution in [-0.4, -0.2) is 28.8 Å². The third-order valence-corrected chi connectivity index (χ3v) is 11.2. The van der Waals surface area contributed by atoms with Gasteiger partial charge in [-0.25, -0.2) is 0 Å². The number of hydrogen-bond donors (Lipinski definition) is 0. The van der Waals surface area contributed by atoms with Crippen LogP contribution in [0.1, 0.15) is 52.7 Å². The summed E-state index contributed by atoms with van der Waals surface area (Å²) in [6.07, 6.45) is 0. The second kappa shape index (κ2) is 9.32. The molecule has 0 aliphatic rings. The minimum absolute atomic E-state index is 0.0918. The molecule has 0 aliphatic heterocycles. The first-order valence-corrected chi connectivity index (χ1v) is 15.5. The van der Waals surface area contributed by atoms with E-state index in [2.05, 4.69) is 120 Å². The summed E-state index contributed by atoms with van der Waals surface area (Å²) >= 11 is -2.24. The molecule has 0 bridgehead atoms. The van der Waals surface area contributed by atoms with Crippen molar-refractivity contribution < 1.29 is 3.83 Å². The normalized spacial score (nSPS) is 13.3. The van der Waals surface area contributed by atoms with Gasteiger partial charge in [0, 0.05) is 0 Å². The average Bonchev–Trinajstić information content (AvgIpc) is 2.78. The summed E-state index contributed by atoms with van der Waals surface area (Å²) in [6, 6.07) is 30.2. The molecule has 0 heterocycles. The van der Waals surface area contributed by atoms with Crippen molar-refractivity contribution in [1.29, 1.82) is 0 Å². The van der Waals surface area contributed by atoms with Crippen molar-refractivity contribution in [2.45, 2.75) is 52.4 Å². The molecule has 33 heavy (non-hydrogen) atoms. The molecule has 0 N–H and O–H groups in total. The van der Waals surface area contributed by atoms with E-state index in [9.17, 15) is 3.83 Å². The Morgan fingerprint density at radius 2 is 1.15 bits per heavy atom. The van der Waals surface area contributed by atoms with E-state index in [1.807, 2.05) is 6.07 Å². The molecule has 4 rings (SSSR count). The predicted octanol–water partition coefficient (Wildman–Crippen LogP) is 4.63. The van der Waals surface area contributed by atoms with Gasteiger partial charge in [-0.2, -0.15) is 0 Å². The molecule has 0 fully saturated rings. The Morgan fingerprint density at radius 1 is 0.636 bits per heavy atom. The van der Waals surface area contributed by atoms with Gasteiger partial charge in [0.15, 0.2) is 0 Å². The van der Waals surface area contributed by atoms with Gasteiger partial charge in [0.25, 0.3) is 0 Å². The Hall–Kier alpha value is -2.02. The van der Waals surface area contributed by atoms with E-state index in [0.717, 1.165) is 8.92 Å². The van der Waals surface area contributed by atoms with E-state index in [1.165, 1.54) is 30.8 Å². The molecule has 170 valence electrons. The first-order chi connectivity index (χ1) is 15.5. The molecule has 1 unspecified atom stereocenters. The maximum absolute atomic E-state index is 13.8. The van der Waals surface area contributed by atoms with Crippen molar-refractivity contribution in [1.82, 2.24) is 0 Å². The summed E-state index contributed by atoms with van der Waals surface area (Å²) in [7, 11) is 0. The van der Waals surface area contributed by atoms with E-state index in [4.69, 9.17) is 0 Å². The van der Waals surface area contributed by atoms with Crippen LogP contribution in [0.4, 0.5) is 0 Å². The topological polar surface area (TPSA) is 17.1 Å². The first-order valence-electron chi connectivity index (χ1n) is 11.4. The van der Waals surface area contributed by atoms with E-state index in [0.29, 0.717) is 0 Å². The number of fused-ring (bicyclic) bond motifs is 1. The molecule has 4 aromatic carbocycles. The van der Waals surface area contributed by atoms with Crippen LogP contribution in [0, 0.1) is 0 Å². The van der Waals surface area contributed by atoms with Gasteiger partial charge in [0.05, 0.1) is 0 Å². The van der Waals surface area contributed by atoms with Crippen molar-refractivity contribution >= 4 is 57.4 Å². The maximum atomic E-state index is 13.8. The minimum atomic E-state index is -2.39. The fourth-order valence-electron chi connectivity index (χ4n) is 3.87. The standard InChI is InChI=1S/C30H32OSe2/c1-29(2,3)22-13-17-24(18-14-22)32-26-11-7-9-21-10-8-12-27(28(21)26)33(31)25-19-15-23(16-20-25)30(4,5)6/h7-20H,1-6H3. The molecule has 0 aliphatic carbocycles. The van der Waals surface area contributed by atoms with Crippen LogP contribution >= 0.6 is 0 Å². The molecule has 0 radical (unpaired) electrons. The zero-order valence-corrected chi connectivity index (χ0v) is 23.7. The van der Waals surface area contributed by atoms with Crippen molar-refractivity contribution in [3.05, 3.63) is 96.1 Å². The number of rotatable bonds is 4. The van der Waals surface area contributed by atoms with E-state index >= 15 is 0 Å². The molecule has 1 atom stereocenters. The Labute approximate surface area is 208 Å². The van der Waals surface area contributed by atoms with Crippen LogP contribution in [0.5, 0.6) is 0 Å². The van der Waals surface area contributed by atoms with Gasteiger partial charge in [-0.15, -0.1) is 0 Å². The summed E-state index contributed by atoms with van der Waals surface area (Å²) in [4.78, 5) is 0. The summed E-state index contributed by atoms with van der Waals surface area (Å²) in [5.41, 5.74) is 2.87. The number of hydrogen-bond acceptors (Lipinski definition) is 1. The molecule has 0 saturated carbocycles. The molecule has 0 amide bonds. The van der Waals surface area contributed by atoms with E-state index in [-0.39, 0.29) is 25.8 Å². The Kier molecular flexibility index (Phi) is 6.81. The average molecular weight is 567 g/mol. The predicted molar refractivity (Wildman–Crippen MR) is 145 cm³/mol. The molecule has 0 saturated heterocycles. The van der Waals surface area contributed by atoms with Crippen LogP contribution < -0.4 is 17.8 Å². The first kappa shape index (κ1) is 24.1. The summed E-state index contributed by atoms with van der Waals surface area (Å²) in [5.74, 6) is 0. The quantitative estimate of drug-likeness (QED) is 0.330. The van der Waals surface area contributed by atoms with Crippen LogP contribution in [-0.2, 0) is 14.7 Å². The van der Waals surface area contributed by atoms with Gasteiger partial charge in [0.1, 0.15) is 0 Å². The fraction of sp³-hybridized carbons (Fsp3) is 0.267. The van der Waals surface area contributed by atoms with Crippen molar-refractivity contribution in [3.63, 3.8) is 0 Å². The van der Waals surface area contributed by atoms with Gasteiger partial charge >= 0.3 is 210 Å². The van der Waals surface area contributed by atoms with Crippen molar-refractivity contribution in [2.75, 3.05) is 0 Å². The van der Waals surface area contributed by atoms with Gasteiger partial charge in [-0.3, -0.25) is 0 Å². The van der Waals surface area contributed by atoms with Crippen molar-refractivity contribution in [3.8, 4) is 0 Å². The zero-order chi connectivity index (χ0) is 23.8. The summed E-state index contributed by atoms with van der Waals surface area (Å²) in [5, 5.41) is 2.36. The van der Waals surface area contributed by atoms with Gasteiger partial charge in [0.2, 0.25) is 0 Å². The van der Waals surface area contributed by atoms with Crippen molar-refractivity contribution in [2.24, 2.45) is 0 Å². The third kappa shape index (κ3) is 5.39. The molecule has 0 aromatic heterocycles. The third-order valence-electron chi connectivity index (χ3n) is 5.91. The molecule has 1 nitrogen and oxygen atoms in total. The van der Waals surface area contributed by atoms with E-state index < -0.39 is 13.8 Å². The van der Waals surface area contributed by atoms with Gasteiger partial charge in [-0.1, -0.05) is 0 Å². The molecule has 3 heteroatoms.